The van der Waals surface area contributed by atoms with Crippen LogP contribution < -0.4 is 5.32 Å². The zero-order valence-corrected chi connectivity index (χ0v) is 11.2. The minimum atomic E-state index is 0.687. The molecule has 0 aliphatic rings. The lowest BCUT2D eigenvalue weighted by molar-refractivity contribution is 0.953. The van der Waals surface area contributed by atoms with E-state index in [4.69, 9.17) is 0 Å². The molecule has 0 radical (unpaired) electrons. The van der Waals surface area contributed by atoms with E-state index >= 15 is 0 Å². The van der Waals surface area contributed by atoms with Crippen LogP contribution in [0.4, 0.5) is 5.82 Å². The molecule has 100 valence electrons. The molecule has 0 aliphatic heterocycles. The average molecular weight is 265 g/mol. The van der Waals surface area contributed by atoms with Crippen molar-refractivity contribution in [1.29, 1.82) is 0 Å². The quantitative estimate of drug-likeness (QED) is 0.787. The number of aryl methyl sites for hydroxylation is 1. The highest BCUT2D eigenvalue weighted by Crippen LogP contribution is 2.15. The van der Waals surface area contributed by atoms with Crippen molar-refractivity contribution in [3.8, 4) is 5.69 Å². The van der Waals surface area contributed by atoms with Crippen LogP contribution in [0.15, 0.2) is 55.1 Å². The lowest BCUT2D eigenvalue weighted by atomic mass is 10.1. The van der Waals surface area contributed by atoms with Crippen molar-refractivity contribution in [1.82, 2.24) is 19.7 Å². The molecule has 2 heterocycles. The summed E-state index contributed by atoms with van der Waals surface area (Å²) in [6.07, 6.45) is 5.50. The fourth-order valence-electron chi connectivity index (χ4n) is 1.99. The highest BCUT2D eigenvalue weighted by atomic mass is 15.2. The number of nitrogens with zero attached hydrogens (tertiary/aromatic N) is 4. The van der Waals surface area contributed by atoms with Gasteiger partial charge in [0.2, 0.25) is 0 Å². The minimum absolute atomic E-state index is 0.687. The Morgan fingerprint density at radius 2 is 2.00 bits per heavy atom. The molecule has 3 rings (SSSR count). The fraction of sp³-hybridized carbons (Fsp3) is 0.133. The molecule has 0 saturated heterocycles. The number of aromatic nitrogens is 4. The van der Waals surface area contributed by atoms with Crippen LogP contribution in [0.3, 0.4) is 0 Å². The van der Waals surface area contributed by atoms with Crippen LogP contribution in [0.1, 0.15) is 11.3 Å². The smallest absolute Gasteiger partial charge is 0.148 e. The minimum Gasteiger partial charge on any atom is -0.364 e. The van der Waals surface area contributed by atoms with E-state index in [0.29, 0.717) is 6.54 Å². The first-order chi connectivity index (χ1) is 9.83. The maximum absolute atomic E-state index is 4.11. The maximum Gasteiger partial charge on any atom is 0.148 e. The van der Waals surface area contributed by atoms with Crippen molar-refractivity contribution in [2.45, 2.75) is 13.5 Å². The van der Waals surface area contributed by atoms with Crippen LogP contribution >= 0.6 is 0 Å². The molecule has 3 aromatic rings. The van der Waals surface area contributed by atoms with E-state index < -0.39 is 0 Å². The summed E-state index contributed by atoms with van der Waals surface area (Å²) in [6, 6.07) is 12.1. The number of benzene rings is 1. The van der Waals surface area contributed by atoms with Gasteiger partial charge in [-0.3, -0.25) is 0 Å². The lowest BCUT2D eigenvalue weighted by Gasteiger charge is -2.11. The first-order valence-electron chi connectivity index (χ1n) is 6.43. The van der Waals surface area contributed by atoms with Crippen LogP contribution in [0, 0.1) is 6.92 Å². The number of hydrogen-bond donors (Lipinski definition) is 1. The molecule has 1 aromatic carbocycles. The Morgan fingerprint density at radius 1 is 1.10 bits per heavy atom. The van der Waals surface area contributed by atoms with Gasteiger partial charge in [-0.15, -0.1) is 5.10 Å². The van der Waals surface area contributed by atoms with Crippen LogP contribution in [0.5, 0.6) is 0 Å². The molecular formula is C15H15N5. The van der Waals surface area contributed by atoms with Gasteiger partial charge in [0.1, 0.15) is 5.82 Å². The summed E-state index contributed by atoms with van der Waals surface area (Å²) in [4.78, 5) is 4.09. The Hall–Kier alpha value is -2.69. The highest BCUT2D eigenvalue weighted by Gasteiger charge is 2.03. The summed E-state index contributed by atoms with van der Waals surface area (Å²) in [5, 5.41) is 11.4. The summed E-state index contributed by atoms with van der Waals surface area (Å²) in [5.41, 5.74) is 3.19. The zero-order valence-electron chi connectivity index (χ0n) is 11.2. The van der Waals surface area contributed by atoms with Gasteiger partial charge in [-0.25, -0.2) is 4.98 Å². The van der Waals surface area contributed by atoms with Crippen LogP contribution in [-0.4, -0.2) is 19.7 Å². The summed E-state index contributed by atoms with van der Waals surface area (Å²) in [6.45, 7) is 2.61. The summed E-state index contributed by atoms with van der Waals surface area (Å²) in [7, 11) is 0. The summed E-state index contributed by atoms with van der Waals surface area (Å²) >= 11 is 0. The Balaban J connectivity index is 1.79. The third kappa shape index (κ3) is 2.66. The first-order valence-corrected chi connectivity index (χ1v) is 6.43. The van der Waals surface area contributed by atoms with E-state index in [1.807, 2.05) is 42.0 Å². The second-order valence-corrected chi connectivity index (χ2v) is 4.51. The van der Waals surface area contributed by atoms with Gasteiger partial charge in [0.15, 0.2) is 0 Å². The van der Waals surface area contributed by atoms with Gasteiger partial charge >= 0.3 is 0 Å². The normalized spacial score (nSPS) is 10.4. The van der Waals surface area contributed by atoms with Crippen molar-refractivity contribution in [2.24, 2.45) is 0 Å². The van der Waals surface area contributed by atoms with Gasteiger partial charge in [-0.1, -0.05) is 18.2 Å². The van der Waals surface area contributed by atoms with Crippen molar-refractivity contribution in [2.75, 3.05) is 5.32 Å². The monoisotopic (exact) mass is 265 g/mol. The third-order valence-corrected chi connectivity index (χ3v) is 3.03. The van der Waals surface area contributed by atoms with E-state index in [0.717, 1.165) is 17.2 Å². The third-order valence-electron chi connectivity index (χ3n) is 3.03. The molecule has 0 aliphatic carbocycles. The predicted octanol–water partition coefficient (Wildman–Crippen LogP) is 2.58. The number of rotatable bonds is 4. The van der Waals surface area contributed by atoms with Crippen LogP contribution in [-0.2, 0) is 6.54 Å². The zero-order chi connectivity index (χ0) is 13.8. The lowest BCUT2D eigenvalue weighted by Crippen LogP contribution is -2.06. The van der Waals surface area contributed by atoms with Crippen molar-refractivity contribution in [3.63, 3.8) is 0 Å². The topological polar surface area (TPSA) is 55.6 Å². The van der Waals surface area contributed by atoms with Crippen LogP contribution in [0.25, 0.3) is 5.69 Å². The van der Waals surface area contributed by atoms with Gasteiger partial charge in [0.05, 0.1) is 17.7 Å². The number of hydrogen-bond acceptors (Lipinski definition) is 4. The number of anilines is 1. The summed E-state index contributed by atoms with van der Waals surface area (Å²) < 4.78 is 2.00. The average Bonchev–Trinajstić information content (AvgIpc) is 3.01. The largest absolute Gasteiger partial charge is 0.364 e. The van der Waals surface area contributed by atoms with Crippen molar-refractivity contribution >= 4 is 5.82 Å². The van der Waals surface area contributed by atoms with Crippen molar-refractivity contribution < 1.29 is 0 Å². The standard InChI is InChI=1S/C15H15N5/c1-12-6-7-15(19-18-12)17-10-13-4-2-3-5-14(13)20-9-8-16-11-20/h2-9,11H,10H2,1H3,(H,17,19). The predicted molar refractivity (Wildman–Crippen MR) is 77.7 cm³/mol. The Morgan fingerprint density at radius 3 is 2.75 bits per heavy atom. The van der Waals surface area contributed by atoms with Gasteiger partial charge < -0.3 is 9.88 Å². The number of nitrogens with one attached hydrogen (secondary N) is 1. The number of imidazole rings is 1. The molecule has 0 saturated carbocycles. The van der Waals surface area contributed by atoms with Gasteiger partial charge in [-0.2, -0.15) is 5.10 Å². The molecule has 0 unspecified atom stereocenters. The molecule has 0 fully saturated rings. The SMILES string of the molecule is Cc1ccc(NCc2ccccc2-n2ccnc2)nn1. The maximum atomic E-state index is 4.11. The van der Waals surface area contributed by atoms with E-state index in [1.54, 1.807) is 12.5 Å². The van der Waals surface area contributed by atoms with E-state index in [1.165, 1.54) is 5.56 Å². The molecule has 1 N–H and O–H groups in total. The van der Waals surface area contributed by atoms with E-state index in [2.05, 4.69) is 32.6 Å². The number of para-hydroxylation sites is 1. The molecule has 2 aromatic heterocycles. The molecular weight excluding hydrogens is 250 g/mol. The highest BCUT2D eigenvalue weighted by molar-refractivity contribution is 5.44. The van der Waals surface area contributed by atoms with Gasteiger partial charge in [-0.05, 0) is 30.7 Å². The molecule has 0 atom stereocenters. The molecule has 0 amide bonds. The van der Waals surface area contributed by atoms with E-state index in [-0.39, 0.29) is 0 Å². The fourth-order valence-corrected chi connectivity index (χ4v) is 1.99. The first kappa shape index (κ1) is 12.3. The second kappa shape index (κ2) is 5.52. The molecule has 20 heavy (non-hydrogen) atoms. The summed E-state index contributed by atoms with van der Waals surface area (Å²) in [5.74, 6) is 0.774. The van der Waals surface area contributed by atoms with Gasteiger partial charge in [0.25, 0.3) is 0 Å². The van der Waals surface area contributed by atoms with E-state index in [9.17, 15) is 0 Å². The van der Waals surface area contributed by atoms with Crippen molar-refractivity contribution in [3.05, 3.63) is 66.4 Å². The Bertz CT molecular complexity index is 674. The molecule has 0 spiro atoms. The Labute approximate surface area is 117 Å². The second-order valence-electron chi connectivity index (χ2n) is 4.51. The molecule has 0 bridgehead atoms. The van der Waals surface area contributed by atoms with Crippen LogP contribution in [0.2, 0.25) is 0 Å². The van der Waals surface area contributed by atoms with Gasteiger partial charge in [0, 0.05) is 18.9 Å². The molecule has 5 heteroatoms. The Kier molecular flexibility index (Phi) is 3.41. The molecule has 5 nitrogen and oxygen atoms in total.